The first-order valence-corrected chi connectivity index (χ1v) is 11.2. The Hall–Kier alpha value is -0.490. The monoisotopic (exact) mass is 391 g/mol. The van der Waals surface area contributed by atoms with Gasteiger partial charge in [0.15, 0.2) is 0 Å². The zero-order valence-electron chi connectivity index (χ0n) is 16.3. The van der Waals surface area contributed by atoms with Crippen LogP contribution in [0.25, 0.3) is 0 Å². The first-order chi connectivity index (χ1) is 12.3. The molecule has 0 rings (SSSR count). The van der Waals surface area contributed by atoms with Crippen LogP contribution < -0.4 is 5.73 Å². The molecule has 0 unspecified atom stereocenters. The van der Waals surface area contributed by atoms with Crippen LogP contribution in [0.4, 0.5) is 0 Å². The zero-order chi connectivity index (χ0) is 19.8. The molecule has 154 valence electrons. The SMILES string of the molecule is CCCCCCCCC/C(C)=C/CC/C=C/[C@@H](O)[C@@H](N)COP(=O)(O)O. The van der Waals surface area contributed by atoms with E-state index in [2.05, 4.69) is 24.4 Å². The highest BCUT2D eigenvalue weighted by atomic mass is 31.2. The number of phosphoric ester groups is 1. The van der Waals surface area contributed by atoms with Crippen LogP contribution in [0, 0.1) is 0 Å². The number of phosphoric acid groups is 1. The van der Waals surface area contributed by atoms with Crippen LogP contribution in [0.5, 0.6) is 0 Å². The Kier molecular flexibility index (Phi) is 15.3. The first-order valence-electron chi connectivity index (χ1n) is 9.72. The van der Waals surface area contributed by atoms with Crippen molar-refractivity contribution < 1.29 is 24.0 Å². The van der Waals surface area contributed by atoms with E-state index >= 15 is 0 Å². The minimum Gasteiger partial charge on any atom is -0.387 e. The second-order valence-corrected chi connectivity index (χ2v) is 8.11. The molecule has 0 saturated heterocycles. The maximum absolute atomic E-state index is 10.6. The van der Waals surface area contributed by atoms with Gasteiger partial charge in [0.25, 0.3) is 0 Å². The Morgan fingerprint density at radius 1 is 1.12 bits per heavy atom. The second-order valence-electron chi connectivity index (χ2n) is 6.87. The molecule has 0 bridgehead atoms. The standard InChI is InChI=1S/C19H38NO5P/c1-3-4-5-6-7-8-10-13-17(2)14-11-9-12-15-19(21)18(20)16-25-26(22,23)24/h12,14-15,18-19,21H,3-11,13,16,20H2,1-2H3,(H2,22,23,24)/b15-12+,17-14+/t18-,19+/m0/s1. The van der Waals surface area contributed by atoms with Crippen molar-refractivity contribution >= 4 is 7.82 Å². The molecule has 0 amide bonds. The number of rotatable bonds is 16. The second kappa shape index (κ2) is 15.6. The highest BCUT2D eigenvalue weighted by Gasteiger charge is 2.19. The third-order valence-electron chi connectivity index (χ3n) is 4.21. The molecular formula is C19H38NO5P. The predicted molar refractivity (Wildman–Crippen MR) is 107 cm³/mol. The Morgan fingerprint density at radius 3 is 2.35 bits per heavy atom. The lowest BCUT2D eigenvalue weighted by atomic mass is 10.0. The fourth-order valence-electron chi connectivity index (χ4n) is 2.55. The van der Waals surface area contributed by atoms with Crippen molar-refractivity contribution in [1.82, 2.24) is 0 Å². The van der Waals surface area contributed by atoms with Crippen LogP contribution in [0.3, 0.4) is 0 Å². The van der Waals surface area contributed by atoms with Gasteiger partial charge in [0.1, 0.15) is 0 Å². The van der Waals surface area contributed by atoms with E-state index in [4.69, 9.17) is 15.5 Å². The van der Waals surface area contributed by atoms with Gasteiger partial charge in [0.2, 0.25) is 0 Å². The van der Waals surface area contributed by atoms with Crippen LogP contribution in [0.15, 0.2) is 23.8 Å². The Bertz CT molecular complexity index is 447. The maximum Gasteiger partial charge on any atom is 0.469 e. The smallest absolute Gasteiger partial charge is 0.387 e. The van der Waals surface area contributed by atoms with E-state index in [0.29, 0.717) is 0 Å². The lowest BCUT2D eigenvalue weighted by Gasteiger charge is -2.15. The molecule has 0 aliphatic rings. The van der Waals surface area contributed by atoms with Crippen LogP contribution in [-0.2, 0) is 9.09 Å². The summed E-state index contributed by atoms with van der Waals surface area (Å²) < 4.78 is 14.9. The molecule has 6 nitrogen and oxygen atoms in total. The molecule has 5 N–H and O–H groups in total. The van der Waals surface area contributed by atoms with Crippen molar-refractivity contribution in [3.63, 3.8) is 0 Å². The Labute approximate surface area is 158 Å². The Morgan fingerprint density at radius 2 is 1.73 bits per heavy atom. The number of nitrogens with two attached hydrogens (primary N) is 1. The van der Waals surface area contributed by atoms with E-state index in [1.54, 1.807) is 6.08 Å². The normalized spacial score (nSPS) is 15.5. The van der Waals surface area contributed by atoms with Crippen LogP contribution in [-0.4, -0.2) is 33.6 Å². The highest BCUT2D eigenvalue weighted by molar-refractivity contribution is 7.46. The molecule has 0 aliphatic heterocycles. The summed E-state index contributed by atoms with van der Waals surface area (Å²) in [7, 11) is -4.55. The summed E-state index contributed by atoms with van der Waals surface area (Å²) in [5, 5.41) is 9.78. The molecular weight excluding hydrogens is 353 g/mol. The van der Waals surface area contributed by atoms with Gasteiger partial charge in [0, 0.05) is 0 Å². The van der Waals surface area contributed by atoms with Gasteiger partial charge >= 0.3 is 7.82 Å². The van der Waals surface area contributed by atoms with Gasteiger partial charge in [-0.25, -0.2) is 4.57 Å². The summed E-state index contributed by atoms with van der Waals surface area (Å²) >= 11 is 0. The van der Waals surface area contributed by atoms with Crippen LogP contribution >= 0.6 is 7.82 Å². The highest BCUT2D eigenvalue weighted by Crippen LogP contribution is 2.35. The fraction of sp³-hybridized carbons (Fsp3) is 0.789. The molecule has 0 spiro atoms. The van der Waals surface area contributed by atoms with E-state index in [9.17, 15) is 9.67 Å². The molecule has 0 fully saturated rings. The molecule has 0 heterocycles. The predicted octanol–water partition coefficient (Wildman–Crippen LogP) is 4.21. The van der Waals surface area contributed by atoms with E-state index in [1.165, 1.54) is 50.5 Å². The number of aliphatic hydroxyl groups excluding tert-OH is 1. The summed E-state index contributed by atoms with van der Waals surface area (Å²) in [5.41, 5.74) is 7.01. The molecule has 26 heavy (non-hydrogen) atoms. The van der Waals surface area contributed by atoms with Crippen LogP contribution in [0.1, 0.15) is 78.1 Å². The third kappa shape index (κ3) is 17.0. The molecule has 0 aromatic heterocycles. The largest absolute Gasteiger partial charge is 0.469 e. The van der Waals surface area contributed by atoms with Gasteiger partial charge in [-0.1, -0.05) is 69.2 Å². The van der Waals surface area contributed by atoms with Gasteiger partial charge < -0.3 is 20.6 Å². The molecule has 0 aromatic rings. The summed E-state index contributed by atoms with van der Waals surface area (Å²) in [6, 6.07) is -0.867. The average molecular weight is 391 g/mol. The quantitative estimate of drug-likeness (QED) is 0.178. The van der Waals surface area contributed by atoms with Crippen molar-refractivity contribution in [2.45, 2.75) is 90.2 Å². The average Bonchev–Trinajstić information content (AvgIpc) is 2.57. The van der Waals surface area contributed by atoms with E-state index in [1.807, 2.05) is 6.08 Å². The number of unbranched alkanes of at least 4 members (excludes halogenated alkanes) is 7. The van der Waals surface area contributed by atoms with Gasteiger partial charge in [0.05, 0.1) is 18.8 Å². The summed E-state index contributed by atoms with van der Waals surface area (Å²) in [6.45, 7) is 4.00. The van der Waals surface area contributed by atoms with E-state index in [0.717, 1.165) is 19.3 Å². The first kappa shape index (κ1) is 25.5. The van der Waals surface area contributed by atoms with Crippen molar-refractivity contribution in [1.29, 1.82) is 0 Å². The fourth-order valence-corrected chi connectivity index (χ4v) is 2.92. The van der Waals surface area contributed by atoms with Crippen molar-refractivity contribution in [2.24, 2.45) is 5.73 Å². The summed E-state index contributed by atoms with van der Waals surface area (Å²) in [6.07, 6.45) is 16.7. The van der Waals surface area contributed by atoms with Crippen molar-refractivity contribution in [3.8, 4) is 0 Å². The zero-order valence-corrected chi connectivity index (χ0v) is 17.2. The third-order valence-corrected chi connectivity index (χ3v) is 4.69. The molecule has 0 saturated carbocycles. The number of hydrogen-bond donors (Lipinski definition) is 4. The summed E-state index contributed by atoms with van der Waals surface area (Å²) in [5.74, 6) is 0. The van der Waals surface area contributed by atoms with Crippen molar-refractivity contribution in [3.05, 3.63) is 23.8 Å². The minimum absolute atomic E-state index is 0.396. The van der Waals surface area contributed by atoms with Gasteiger partial charge in [-0.15, -0.1) is 0 Å². The molecule has 0 aliphatic carbocycles. The number of aliphatic hydroxyl groups is 1. The molecule has 0 radical (unpaired) electrons. The summed E-state index contributed by atoms with van der Waals surface area (Å²) in [4.78, 5) is 17.2. The number of allylic oxidation sites excluding steroid dienone is 3. The maximum atomic E-state index is 10.6. The lowest BCUT2D eigenvalue weighted by Crippen LogP contribution is -2.37. The van der Waals surface area contributed by atoms with Gasteiger partial charge in [-0.05, 0) is 32.6 Å². The van der Waals surface area contributed by atoms with E-state index in [-0.39, 0.29) is 0 Å². The van der Waals surface area contributed by atoms with Gasteiger partial charge in [-0.2, -0.15) is 0 Å². The van der Waals surface area contributed by atoms with Crippen LogP contribution in [0.2, 0.25) is 0 Å². The van der Waals surface area contributed by atoms with Gasteiger partial charge in [-0.3, -0.25) is 4.52 Å². The molecule has 0 aromatic carbocycles. The Balaban J connectivity index is 3.78. The molecule has 2 atom stereocenters. The minimum atomic E-state index is -4.55. The number of hydrogen-bond acceptors (Lipinski definition) is 4. The lowest BCUT2D eigenvalue weighted by molar-refractivity contribution is 0.129. The van der Waals surface area contributed by atoms with Crippen molar-refractivity contribution in [2.75, 3.05) is 6.61 Å². The topological polar surface area (TPSA) is 113 Å². The van der Waals surface area contributed by atoms with E-state index < -0.39 is 26.6 Å². The molecule has 7 heteroatoms.